The van der Waals surface area contributed by atoms with E-state index < -0.39 is 5.41 Å². The zero-order valence-corrected chi connectivity index (χ0v) is 26.5. The highest BCUT2D eigenvalue weighted by atomic mass is 15.3. The lowest BCUT2D eigenvalue weighted by atomic mass is 9.62. The number of aromatic nitrogens is 1. The zero-order chi connectivity index (χ0) is 33.0. The van der Waals surface area contributed by atoms with Crippen molar-refractivity contribution >= 4 is 33.2 Å². The van der Waals surface area contributed by atoms with Gasteiger partial charge in [0.2, 0.25) is 0 Å². The zero-order valence-electron chi connectivity index (χ0n) is 26.5. The summed E-state index contributed by atoms with van der Waals surface area (Å²) >= 11 is 0. The lowest BCUT2D eigenvalue weighted by Crippen LogP contribution is -2.42. The molecule has 0 bridgehead atoms. The first-order valence-corrected chi connectivity index (χ1v) is 16.4. The van der Waals surface area contributed by atoms with Crippen molar-refractivity contribution < 1.29 is 0 Å². The van der Waals surface area contributed by atoms with E-state index in [1.54, 1.807) is 0 Å². The molecule has 6 aromatic carbocycles. The van der Waals surface area contributed by atoms with Crippen molar-refractivity contribution in [2.45, 2.75) is 11.6 Å². The SMILES string of the molecule is N#Cc1ccc(C2(c3ccc(C#N)cc3)c3ccccc3N(C3=CC=CC(n4c5ccccc5c5ccccc54)N3)c3ccccc32)cc1. The number of nitrogens with one attached hydrogen (secondary N) is 1. The van der Waals surface area contributed by atoms with Crippen molar-refractivity contribution in [3.63, 3.8) is 0 Å². The molecule has 0 spiro atoms. The fraction of sp³-hybridized carbons (Fsp3) is 0.0455. The van der Waals surface area contributed by atoms with Gasteiger partial charge in [-0.15, -0.1) is 0 Å². The van der Waals surface area contributed by atoms with Gasteiger partial charge in [0, 0.05) is 10.8 Å². The number of benzene rings is 6. The normalized spacial score (nSPS) is 15.8. The van der Waals surface area contributed by atoms with E-state index in [2.05, 4.69) is 166 Å². The number of para-hydroxylation sites is 4. The standard InChI is InChI=1S/C44H29N5/c45-28-30-20-24-32(25-21-30)44(33-26-22-31(29-46)23-27-33)36-12-3-7-16-40(36)49(41-17-8-4-13-37(41)44)43-19-9-18-42(47-43)48-38-14-5-1-10-34(38)35-11-2-6-15-39(35)48/h1-27,42,47H. The molecule has 1 N–H and O–H groups in total. The van der Waals surface area contributed by atoms with Crippen LogP contribution >= 0.6 is 0 Å². The maximum atomic E-state index is 9.67. The van der Waals surface area contributed by atoms with E-state index in [4.69, 9.17) is 0 Å². The van der Waals surface area contributed by atoms with E-state index >= 15 is 0 Å². The summed E-state index contributed by atoms with van der Waals surface area (Å²) in [7, 11) is 0. The molecular formula is C44H29N5. The van der Waals surface area contributed by atoms with Gasteiger partial charge < -0.3 is 9.88 Å². The van der Waals surface area contributed by atoms with Crippen molar-refractivity contribution in [1.29, 1.82) is 10.5 Å². The average molecular weight is 628 g/mol. The van der Waals surface area contributed by atoms with Crippen LogP contribution in [0.4, 0.5) is 11.4 Å². The summed E-state index contributed by atoms with van der Waals surface area (Å²) in [4.78, 5) is 2.33. The largest absolute Gasteiger partial charge is 0.347 e. The second-order valence-corrected chi connectivity index (χ2v) is 12.4. The molecule has 1 unspecified atom stereocenters. The first-order valence-electron chi connectivity index (χ1n) is 16.4. The van der Waals surface area contributed by atoms with Crippen LogP contribution in [0.2, 0.25) is 0 Å². The quantitative estimate of drug-likeness (QED) is 0.211. The van der Waals surface area contributed by atoms with Gasteiger partial charge in [0.25, 0.3) is 0 Å². The molecule has 3 heterocycles. The van der Waals surface area contributed by atoms with Crippen LogP contribution in [0.15, 0.2) is 170 Å². The van der Waals surface area contributed by atoms with Crippen molar-refractivity contribution in [2.24, 2.45) is 0 Å². The number of fused-ring (bicyclic) bond motifs is 5. The number of hydrogen-bond donors (Lipinski definition) is 1. The Balaban J connectivity index is 1.25. The van der Waals surface area contributed by atoms with Crippen molar-refractivity contribution in [1.82, 2.24) is 9.88 Å². The molecule has 0 fully saturated rings. The Bertz CT molecular complexity index is 2400. The third kappa shape index (κ3) is 4.17. The summed E-state index contributed by atoms with van der Waals surface area (Å²) in [5, 5.41) is 25.7. The molecule has 0 aliphatic carbocycles. The minimum atomic E-state index is -0.719. The number of allylic oxidation sites excluding steroid dienone is 2. The van der Waals surface area contributed by atoms with Gasteiger partial charge in [0.15, 0.2) is 0 Å². The van der Waals surface area contributed by atoms with Gasteiger partial charge in [0.1, 0.15) is 12.0 Å². The third-order valence-corrected chi connectivity index (χ3v) is 9.97. The summed E-state index contributed by atoms with van der Waals surface area (Å²) in [5.74, 6) is 0.961. The lowest BCUT2D eigenvalue weighted by molar-refractivity contribution is 0.546. The molecule has 230 valence electrons. The topological polar surface area (TPSA) is 67.8 Å². The maximum Gasteiger partial charge on any atom is 0.124 e. The number of anilines is 2. The monoisotopic (exact) mass is 627 g/mol. The van der Waals surface area contributed by atoms with Gasteiger partial charge in [-0.2, -0.15) is 10.5 Å². The molecule has 0 amide bonds. The predicted octanol–water partition coefficient (Wildman–Crippen LogP) is 9.57. The number of nitriles is 2. The Labute approximate surface area is 284 Å². The van der Waals surface area contributed by atoms with E-state index in [1.807, 2.05) is 24.3 Å². The Hall–Kier alpha value is -6.82. The van der Waals surface area contributed by atoms with Crippen molar-refractivity contribution in [3.05, 3.63) is 203 Å². The second-order valence-electron chi connectivity index (χ2n) is 12.4. The molecule has 5 heteroatoms. The number of hydrogen-bond acceptors (Lipinski definition) is 4. The van der Waals surface area contributed by atoms with Crippen LogP contribution in [0.25, 0.3) is 21.8 Å². The van der Waals surface area contributed by atoms with E-state index in [0.717, 1.165) is 39.4 Å². The van der Waals surface area contributed by atoms with Crippen LogP contribution in [-0.4, -0.2) is 4.57 Å². The van der Waals surface area contributed by atoms with Crippen LogP contribution in [0, 0.1) is 22.7 Å². The molecule has 2 aliphatic heterocycles. The van der Waals surface area contributed by atoms with E-state index in [0.29, 0.717) is 11.1 Å². The smallest absolute Gasteiger partial charge is 0.124 e. The summed E-state index contributed by atoms with van der Waals surface area (Å²) in [5.41, 5.74) is 9.24. The summed E-state index contributed by atoms with van der Waals surface area (Å²) in [6.45, 7) is 0. The maximum absolute atomic E-state index is 9.67. The lowest BCUT2D eigenvalue weighted by Gasteiger charge is -2.47. The molecule has 0 radical (unpaired) electrons. The highest BCUT2D eigenvalue weighted by molar-refractivity contribution is 6.08. The van der Waals surface area contributed by atoms with Crippen molar-refractivity contribution in [3.8, 4) is 12.1 Å². The van der Waals surface area contributed by atoms with Crippen LogP contribution in [-0.2, 0) is 5.41 Å². The van der Waals surface area contributed by atoms with E-state index in [9.17, 15) is 10.5 Å². The molecule has 49 heavy (non-hydrogen) atoms. The fourth-order valence-electron chi connectivity index (χ4n) is 7.93. The van der Waals surface area contributed by atoms with Gasteiger partial charge in [0.05, 0.1) is 51.1 Å². The van der Waals surface area contributed by atoms with Crippen LogP contribution in [0.3, 0.4) is 0 Å². The van der Waals surface area contributed by atoms with Gasteiger partial charge in [-0.25, -0.2) is 0 Å². The van der Waals surface area contributed by atoms with Crippen molar-refractivity contribution in [2.75, 3.05) is 4.90 Å². The molecule has 0 saturated heterocycles. The second kappa shape index (κ2) is 11.2. The molecule has 5 nitrogen and oxygen atoms in total. The summed E-state index contributed by atoms with van der Waals surface area (Å²) < 4.78 is 2.38. The highest BCUT2D eigenvalue weighted by Gasteiger charge is 2.46. The van der Waals surface area contributed by atoms with E-state index in [-0.39, 0.29) is 6.17 Å². The molecule has 0 saturated carbocycles. The Morgan fingerprint density at radius 3 is 1.53 bits per heavy atom. The minimum absolute atomic E-state index is 0.132. The first-order chi connectivity index (χ1) is 24.2. The molecule has 9 rings (SSSR count). The van der Waals surface area contributed by atoms with Crippen LogP contribution in [0.5, 0.6) is 0 Å². The number of dihydropyridines is 1. The van der Waals surface area contributed by atoms with Gasteiger partial charge in [-0.3, -0.25) is 4.90 Å². The highest BCUT2D eigenvalue weighted by Crippen LogP contribution is 2.56. The summed E-state index contributed by atoms with van der Waals surface area (Å²) in [6.07, 6.45) is 6.37. The van der Waals surface area contributed by atoms with Gasteiger partial charge in [-0.1, -0.05) is 103 Å². The fourth-order valence-corrected chi connectivity index (χ4v) is 7.93. The predicted molar refractivity (Wildman–Crippen MR) is 195 cm³/mol. The Kier molecular flexibility index (Phi) is 6.47. The van der Waals surface area contributed by atoms with E-state index in [1.165, 1.54) is 21.8 Å². The molecule has 1 atom stereocenters. The number of nitrogens with zero attached hydrogens (tertiary/aromatic N) is 4. The van der Waals surface area contributed by atoms with Gasteiger partial charge >= 0.3 is 0 Å². The number of rotatable bonds is 4. The molecular weight excluding hydrogens is 599 g/mol. The van der Waals surface area contributed by atoms with Crippen LogP contribution in [0.1, 0.15) is 39.5 Å². The molecule has 2 aliphatic rings. The Morgan fingerprint density at radius 2 is 1.02 bits per heavy atom. The van der Waals surface area contributed by atoms with Gasteiger partial charge in [-0.05, 0) is 82.9 Å². The Morgan fingerprint density at radius 1 is 0.551 bits per heavy atom. The molecule has 1 aromatic heterocycles. The minimum Gasteiger partial charge on any atom is -0.347 e. The van der Waals surface area contributed by atoms with Crippen LogP contribution < -0.4 is 10.2 Å². The third-order valence-electron chi connectivity index (χ3n) is 9.97. The first kappa shape index (κ1) is 28.4. The summed E-state index contributed by atoms with van der Waals surface area (Å²) in [6, 6.07) is 54.7. The molecule has 7 aromatic rings. The average Bonchev–Trinajstić information content (AvgIpc) is 3.51.